The minimum atomic E-state index is -3.74. The van der Waals surface area contributed by atoms with Crippen molar-refractivity contribution in [3.8, 4) is 0 Å². The number of para-hydroxylation sites is 1. The number of pyridine rings is 1. The van der Waals surface area contributed by atoms with E-state index in [-0.39, 0.29) is 16.6 Å². The lowest BCUT2D eigenvalue weighted by Gasteiger charge is -2.19. The van der Waals surface area contributed by atoms with E-state index in [2.05, 4.69) is 4.98 Å². The quantitative estimate of drug-likeness (QED) is 0.873. The van der Waals surface area contributed by atoms with Gasteiger partial charge in [0.25, 0.3) is 0 Å². The smallest absolute Gasteiger partial charge is 0.245 e. The number of rotatable bonds is 4. The summed E-state index contributed by atoms with van der Waals surface area (Å²) in [6.07, 6.45) is -0.751. The van der Waals surface area contributed by atoms with Crippen LogP contribution in [0, 0.1) is 6.92 Å². The van der Waals surface area contributed by atoms with Crippen molar-refractivity contribution < 1.29 is 13.5 Å². The number of hydrogen-bond donors (Lipinski definition) is 1. The molecule has 0 saturated heterocycles. The summed E-state index contributed by atoms with van der Waals surface area (Å²) in [5.41, 5.74) is 1.13. The number of aryl methyl sites for hydroxylation is 1. The van der Waals surface area contributed by atoms with Crippen LogP contribution in [0.1, 0.15) is 12.5 Å². The number of aliphatic hydroxyl groups excluding tert-OH is 1. The summed E-state index contributed by atoms with van der Waals surface area (Å²) in [5.74, 6) is 0. The van der Waals surface area contributed by atoms with Crippen LogP contribution in [-0.2, 0) is 10.0 Å². The molecule has 7 heteroatoms. The second-order valence-electron chi connectivity index (χ2n) is 5.06. The van der Waals surface area contributed by atoms with Crippen molar-refractivity contribution in [2.45, 2.75) is 24.8 Å². The van der Waals surface area contributed by atoms with Crippen molar-refractivity contribution in [2.24, 2.45) is 0 Å². The van der Waals surface area contributed by atoms with Gasteiger partial charge in [-0.1, -0.05) is 23.7 Å². The van der Waals surface area contributed by atoms with Crippen LogP contribution in [-0.4, -0.2) is 42.5 Å². The molecule has 1 aromatic heterocycles. The molecule has 5 nitrogen and oxygen atoms in total. The van der Waals surface area contributed by atoms with Crippen molar-refractivity contribution in [1.82, 2.24) is 9.29 Å². The zero-order chi connectivity index (χ0) is 15.8. The molecule has 2 aromatic rings. The van der Waals surface area contributed by atoms with Crippen LogP contribution in [0.25, 0.3) is 10.9 Å². The number of halogens is 1. The molecule has 1 N–H and O–H groups in total. The van der Waals surface area contributed by atoms with Crippen molar-refractivity contribution in [2.75, 3.05) is 13.6 Å². The van der Waals surface area contributed by atoms with Crippen molar-refractivity contribution in [3.05, 3.63) is 35.0 Å². The minimum absolute atomic E-state index is 0.0122. The Morgan fingerprint density at radius 1 is 1.43 bits per heavy atom. The van der Waals surface area contributed by atoms with E-state index in [1.54, 1.807) is 18.2 Å². The number of likely N-dealkylation sites (N-methyl/N-ethyl adjacent to an activating group) is 1. The number of nitrogens with zero attached hydrogens (tertiary/aromatic N) is 2. The van der Waals surface area contributed by atoms with Gasteiger partial charge in [-0.15, -0.1) is 0 Å². The number of fused-ring (bicyclic) bond motifs is 1. The van der Waals surface area contributed by atoms with E-state index in [0.717, 1.165) is 9.87 Å². The molecule has 0 saturated carbocycles. The second-order valence-corrected chi connectivity index (χ2v) is 7.43. The Bertz CT molecular complexity index is 775. The molecule has 21 heavy (non-hydrogen) atoms. The van der Waals surface area contributed by atoms with Gasteiger partial charge in [0.15, 0.2) is 0 Å². The molecule has 2 rings (SSSR count). The van der Waals surface area contributed by atoms with Crippen LogP contribution < -0.4 is 0 Å². The van der Waals surface area contributed by atoms with Gasteiger partial charge in [-0.05, 0) is 31.5 Å². The number of hydrogen-bond acceptors (Lipinski definition) is 4. The molecule has 114 valence electrons. The topological polar surface area (TPSA) is 70.5 Å². The Morgan fingerprint density at radius 3 is 2.71 bits per heavy atom. The van der Waals surface area contributed by atoms with Crippen molar-refractivity contribution in [1.29, 1.82) is 0 Å². The van der Waals surface area contributed by atoms with Crippen LogP contribution >= 0.6 is 11.6 Å². The monoisotopic (exact) mass is 328 g/mol. The van der Waals surface area contributed by atoms with E-state index in [0.29, 0.717) is 10.9 Å². The molecule has 0 aliphatic rings. The Labute approximate surface area is 129 Å². The third kappa shape index (κ3) is 3.18. The number of aromatic nitrogens is 1. The molecule has 0 bridgehead atoms. The maximum Gasteiger partial charge on any atom is 0.245 e. The minimum Gasteiger partial charge on any atom is -0.392 e. The molecule has 0 spiro atoms. The first-order chi connectivity index (χ1) is 9.73. The summed E-state index contributed by atoms with van der Waals surface area (Å²) < 4.78 is 26.3. The summed E-state index contributed by atoms with van der Waals surface area (Å²) >= 11 is 6.01. The van der Waals surface area contributed by atoms with Gasteiger partial charge in [0.1, 0.15) is 10.0 Å². The lowest BCUT2D eigenvalue weighted by Crippen LogP contribution is -2.33. The van der Waals surface area contributed by atoms with E-state index in [4.69, 9.17) is 11.6 Å². The fraction of sp³-hybridized carbons (Fsp3) is 0.357. The van der Waals surface area contributed by atoms with Crippen LogP contribution in [0.2, 0.25) is 5.15 Å². The van der Waals surface area contributed by atoms with Gasteiger partial charge < -0.3 is 5.11 Å². The second kappa shape index (κ2) is 5.88. The third-order valence-corrected chi connectivity index (χ3v) is 5.38. The van der Waals surface area contributed by atoms with E-state index < -0.39 is 16.1 Å². The molecular formula is C14H17ClN2O3S. The molecule has 0 amide bonds. The zero-order valence-electron chi connectivity index (χ0n) is 12.0. The number of sulfonamides is 1. The number of benzene rings is 1. The highest BCUT2D eigenvalue weighted by Crippen LogP contribution is 2.27. The maximum absolute atomic E-state index is 12.6. The molecule has 1 heterocycles. The van der Waals surface area contributed by atoms with Gasteiger partial charge in [0.2, 0.25) is 10.0 Å². The SMILES string of the molecule is Cc1cc2cccc(S(=O)(=O)N(C)CC(C)O)c2nc1Cl. The van der Waals surface area contributed by atoms with Crippen molar-refractivity contribution in [3.63, 3.8) is 0 Å². The van der Waals surface area contributed by atoms with Gasteiger partial charge >= 0.3 is 0 Å². The Kier molecular flexibility index (Phi) is 4.53. The normalized spacial score (nSPS) is 13.8. The van der Waals surface area contributed by atoms with Crippen LogP contribution in [0.4, 0.5) is 0 Å². The average molecular weight is 329 g/mol. The summed E-state index contributed by atoms with van der Waals surface area (Å²) in [7, 11) is -2.31. The maximum atomic E-state index is 12.6. The number of aliphatic hydroxyl groups is 1. The first-order valence-electron chi connectivity index (χ1n) is 6.43. The van der Waals surface area contributed by atoms with Gasteiger partial charge in [0, 0.05) is 19.0 Å². The van der Waals surface area contributed by atoms with Gasteiger partial charge in [-0.2, -0.15) is 4.31 Å². The Morgan fingerprint density at radius 2 is 2.10 bits per heavy atom. The lowest BCUT2D eigenvalue weighted by molar-refractivity contribution is 0.171. The summed E-state index contributed by atoms with van der Waals surface area (Å²) in [4.78, 5) is 4.29. The third-order valence-electron chi connectivity index (χ3n) is 3.15. The molecule has 0 fully saturated rings. The first kappa shape index (κ1) is 16.2. The van der Waals surface area contributed by atoms with Crippen molar-refractivity contribution >= 4 is 32.5 Å². The van der Waals surface area contributed by atoms with E-state index in [1.807, 2.05) is 6.92 Å². The predicted octanol–water partition coefficient (Wildman–Crippen LogP) is 2.20. The van der Waals surface area contributed by atoms with Gasteiger partial charge in [0.05, 0.1) is 11.6 Å². The lowest BCUT2D eigenvalue weighted by atomic mass is 10.2. The zero-order valence-corrected chi connectivity index (χ0v) is 13.6. The Hall–Kier alpha value is -1.21. The highest BCUT2D eigenvalue weighted by molar-refractivity contribution is 7.89. The van der Waals surface area contributed by atoms with Gasteiger partial charge in [-0.3, -0.25) is 0 Å². The molecule has 1 atom stereocenters. The molecule has 1 aromatic carbocycles. The highest BCUT2D eigenvalue weighted by atomic mass is 35.5. The fourth-order valence-electron chi connectivity index (χ4n) is 2.10. The van der Waals surface area contributed by atoms with Gasteiger partial charge in [-0.25, -0.2) is 13.4 Å². The molecule has 1 unspecified atom stereocenters. The standard InChI is InChI=1S/C14H17ClN2O3S/c1-9-7-11-5-4-6-12(13(11)16-14(9)15)21(19,20)17(3)8-10(2)18/h4-7,10,18H,8H2,1-3H3. The Balaban J connectivity index is 2.63. The largest absolute Gasteiger partial charge is 0.392 e. The van der Waals surface area contributed by atoms with Crippen LogP contribution in [0.15, 0.2) is 29.2 Å². The summed E-state index contributed by atoms with van der Waals surface area (Å²) in [5, 5.41) is 10.4. The molecule has 0 aliphatic carbocycles. The highest BCUT2D eigenvalue weighted by Gasteiger charge is 2.25. The summed E-state index contributed by atoms with van der Waals surface area (Å²) in [6, 6.07) is 6.76. The first-order valence-corrected chi connectivity index (χ1v) is 8.25. The molecular weight excluding hydrogens is 312 g/mol. The van der Waals surface area contributed by atoms with Crippen LogP contribution in [0.5, 0.6) is 0 Å². The van der Waals surface area contributed by atoms with E-state index in [1.165, 1.54) is 20.0 Å². The fourth-order valence-corrected chi connectivity index (χ4v) is 3.65. The average Bonchev–Trinajstić information content (AvgIpc) is 2.38. The van der Waals surface area contributed by atoms with Crippen LogP contribution in [0.3, 0.4) is 0 Å². The van der Waals surface area contributed by atoms with E-state index in [9.17, 15) is 13.5 Å². The van der Waals surface area contributed by atoms with E-state index >= 15 is 0 Å². The summed E-state index contributed by atoms with van der Waals surface area (Å²) in [6.45, 7) is 3.36. The molecule has 0 radical (unpaired) electrons. The predicted molar refractivity (Wildman–Crippen MR) is 83.0 cm³/mol. The molecule has 0 aliphatic heterocycles.